The van der Waals surface area contributed by atoms with E-state index in [0.29, 0.717) is 0 Å². The second kappa shape index (κ2) is 4.53. The van der Waals surface area contributed by atoms with Gasteiger partial charge in [0.15, 0.2) is 0 Å². The molecule has 1 N–H and O–H groups in total. The van der Waals surface area contributed by atoms with Crippen LogP contribution in [0.1, 0.15) is 38.8 Å². The molecule has 1 saturated heterocycles. The Morgan fingerprint density at radius 3 is 1.95 bits per heavy atom. The summed E-state index contributed by atoms with van der Waals surface area (Å²) >= 11 is 0. The van der Waals surface area contributed by atoms with Crippen molar-refractivity contribution in [2.75, 3.05) is 12.4 Å². The highest BCUT2D eigenvalue weighted by atomic mass is 16.7. The molecule has 0 aliphatic carbocycles. The number of rotatable bonds is 2. The number of hydrogen-bond donors (Lipinski definition) is 1. The van der Waals surface area contributed by atoms with Crippen molar-refractivity contribution < 1.29 is 9.31 Å². The average molecular weight is 261 g/mol. The maximum Gasteiger partial charge on any atom is 0.495 e. The van der Waals surface area contributed by atoms with Gasteiger partial charge in [-0.05, 0) is 64.2 Å². The van der Waals surface area contributed by atoms with Gasteiger partial charge in [0, 0.05) is 12.7 Å². The van der Waals surface area contributed by atoms with Gasteiger partial charge in [-0.2, -0.15) is 0 Å². The summed E-state index contributed by atoms with van der Waals surface area (Å²) in [4.78, 5) is 0. The third-order valence-electron chi connectivity index (χ3n) is 4.39. The largest absolute Gasteiger partial charge is 0.495 e. The van der Waals surface area contributed by atoms with Crippen LogP contribution in [0.4, 0.5) is 5.69 Å². The van der Waals surface area contributed by atoms with Crippen LogP contribution in [0.2, 0.25) is 0 Å². The zero-order valence-corrected chi connectivity index (χ0v) is 13.0. The van der Waals surface area contributed by atoms with Crippen molar-refractivity contribution in [2.24, 2.45) is 0 Å². The van der Waals surface area contributed by atoms with Gasteiger partial charge >= 0.3 is 7.12 Å². The lowest BCUT2D eigenvalue weighted by Crippen LogP contribution is -2.41. The molecule has 0 atom stereocenters. The molecule has 104 valence electrons. The Balaban J connectivity index is 2.37. The summed E-state index contributed by atoms with van der Waals surface area (Å²) in [7, 11) is 1.66. The quantitative estimate of drug-likeness (QED) is 0.830. The van der Waals surface area contributed by atoms with Crippen molar-refractivity contribution in [3.63, 3.8) is 0 Å². The topological polar surface area (TPSA) is 30.5 Å². The van der Waals surface area contributed by atoms with Gasteiger partial charge in [-0.1, -0.05) is 6.07 Å². The summed E-state index contributed by atoms with van der Waals surface area (Å²) in [5, 5.41) is 3.20. The molecule has 0 amide bonds. The fraction of sp³-hybridized carbons (Fsp3) is 0.600. The summed E-state index contributed by atoms with van der Waals surface area (Å²) in [6, 6.07) is 4.30. The highest BCUT2D eigenvalue weighted by Crippen LogP contribution is 2.36. The fourth-order valence-electron chi connectivity index (χ4n) is 2.33. The average Bonchev–Trinajstić information content (AvgIpc) is 2.50. The van der Waals surface area contributed by atoms with Crippen molar-refractivity contribution >= 4 is 18.3 Å². The summed E-state index contributed by atoms with van der Waals surface area (Å²) in [5.41, 5.74) is 4.08. The lowest BCUT2D eigenvalue weighted by atomic mass is 9.75. The second-order valence-corrected chi connectivity index (χ2v) is 6.36. The van der Waals surface area contributed by atoms with E-state index >= 15 is 0 Å². The first-order chi connectivity index (χ1) is 8.68. The van der Waals surface area contributed by atoms with Crippen molar-refractivity contribution in [2.45, 2.75) is 52.7 Å². The second-order valence-electron chi connectivity index (χ2n) is 6.36. The minimum atomic E-state index is -0.292. The van der Waals surface area contributed by atoms with E-state index in [1.165, 1.54) is 11.1 Å². The number of nitrogens with one attached hydrogen (secondary N) is 1. The highest BCUT2D eigenvalue weighted by molar-refractivity contribution is 6.62. The first-order valence-corrected chi connectivity index (χ1v) is 6.82. The van der Waals surface area contributed by atoms with Crippen LogP contribution in [-0.2, 0) is 9.31 Å². The van der Waals surface area contributed by atoms with Gasteiger partial charge in [0.2, 0.25) is 0 Å². The maximum atomic E-state index is 6.12. The molecule has 0 unspecified atom stereocenters. The summed E-state index contributed by atoms with van der Waals surface area (Å²) < 4.78 is 12.2. The van der Waals surface area contributed by atoms with Crippen molar-refractivity contribution in [3.8, 4) is 0 Å². The Bertz CT molecular complexity index is 481. The van der Waals surface area contributed by atoms with E-state index < -0.39 is 0 Å². The van der Waals surface area contributed by atoms with Crippen LogP contribution in [0.3, 0.4) is 0 Å². The minimum absolute atomic E-state index is 0.283. The normalized spacial score (nSPS) is 20.7. The molecule has 0 aromatic heterocycles. The zero-order valence-electron chi connectivity index (χ0n) is 13.0. The molecule has 1 fully saturated rings. The van der Waals surface area contributed by atoms with Gasteiger partial charge in [0.1, 0.15) is 0 Å². The predicted octanol–water partition coefficient (Wildman–Crippen LogP) is 2.64. The number of benzene rings is 1. The molecule has 1 aliphatic rings. The zero-order chi connectivity index (χ0) is 14.4. The first-order valence-electron chi connectivity index (χ1n) is 6.82. The van der Waals surface area contributed by atoms with Crippen LogP contribution in [-0.4, -0.2) is 25.4 Å². The molecule has 0 radical (unpaired) electrons. The van der Waals surface area contributed by atoms with E-state index in [1.54, 1.807) is 0 Å². The number of hydrogen-bond acceptors (Lipinski definition) is 3. The van der Waals surface area contributed by atoms with Crippen molar-refractivity contribution in [3.05, 3.63) is 23.3 Å². The standard InChI is InChI=1S/C15H24BNO2/c1-10-9-13(17-7)11(2)8-12(10)16-18-14(3,4)15(5,6)19-16/h8-9,17H,1-7H3. The molecular weight excluding hydrogens is 237 g/mol. The Kier molecular flexibility index (Phi) is 3.44. The van der Waals surface area contributed by atoms with Gasteiger partial charge < -0.3 is 14.6 Å². The monoisotopic (exact) mass is 261 g/mol. The molecule has 1 aromatic carbocycles. The molecule has 0 bridgehead atoms. The van der Waals surface area contributed by atoms with Gasteiger partial charge in [0.25, 0.3) is 0 Å². The fourth-order valence-corrected chi connectivity index (χ4v) is 2.33. The Labute approximate surface area is 116 Å². The minimum Gasteiger partial charge on any atom is -0.399 e. The lowest BCUT2D eigenvalue weighted by molar-refractivity contribution is 0.00578. The molecule has 19 heavy (non-hydrogen) atoms. The molecule has 2 rings (SSSR count). The van der Waals surface area contributed by atoms with Crippen LogP contribution in [0.5, 0.6) is 0 Å². The maximum absolute atomic E-state index is 6.12. The van der Waals surface area contributed by atoms with Gasteiger partial charge in [0.05, 0.1) is 11.2 Å². The molecule has 4 heteroatoms. The molecular formula is C15H24BNO2. The summed E-state index contributed by atoms with van der Waals surface area (Å²) in [5.74, 6) is 0. The van der Waals surface area contributed by atoms with E-state index in [9.17, 15) is 0 Å². The third kappa shape index (κ3) is 2.39. The third-order valence-corrected chi connectivity index (χ3v) is 4.39. The predicted molar refractivity (Wildman–Crippen MR) is 81.2 cm³/mol. The number of anilines is 1. The van der Waals surface area contributed by atoms with Crippen molar-refractivity contribution in [1.82, 2.24) is 0 Å². The Morgan fingerprint density at radius 2 is 1.47 bits per heavy atom. The van der Waals surface area contributed by atoms with Crippen LogP contribution in [0.15, 0.2) is 12.1 Å². The van der Waals surface area contributed by atoms with Crippen LogP contribution in [0, 0.1) is 13.8 Å². The molecule has 0 spiro atoms. The van der Waals surface area contributed by atoms with Crippen molar-refractivity contribution in [1.29, 1.82) is 0 Å². The molecule has 3 nitrogen and oxygen atoms in total. The van der Waals surface area contributed by atoms with Gasteiger partial charge in [-0.3, -0.25) is 0 Å². The molecule has 1 aliphatic heterocycles. The van der Waals surface area contributed by atoms with Crippen LogP contribution >= 0.6 is 0 Å². The first kappa shape index (κ1) is 14.4. The SMILES string of the molecule is CNc1cc(C)c(B2OC(C)(C)C(C)(C)O2)cc1C. The highest BCUT2D eigenvalue weighted by Gasteiger charge is 2.52. The summed E-state index contributed by atoms with van der Waals surface area (Å²) in [6.07, 6.45) is 0. The van der Waals surface area contributed by atoms with E-state index in [4.69, 9.17) is 9.31 Å². The van der Waals surface area contributed by atoms with E-state index in [1.807, 2.05) is 7.05 Å². The van der Waals surface area contributed by atoms with E-state index in [-0.39, 0.29) is 18.3 Å². The van der Waals surface area contributed by atoms with Crippen LogP contribution in [0.25, 0.3) is 0 Å². The van der Waals surface area contributed by atoms with E-state index in [0.717, 1.165) is 11.2 Å². The number of aryl methyl sites for hydroxylation is 2. The Morgan fingerprint density at radius 1 is 0.947 bits per heavy atom. The van der Waals surface area contributed by atoms with E-state index in [2.05, 4.69) is 59.0 Å². The van der Waals surface area contributed by atoms with Gasteiger partial charge in [-0.15, -0.1) is 0 Å². The van der Waals surface area contributed by atoms with Gasteiger partial charge in [-0.25, -0.2) is 0 Å². The molecule has 1 aromatic rings. The smallest absolute Gasteiger partial charge is 0.399 e. The lowest BCUT2D eigenvalue weighted by Gasteiger charge is -2.32. The molecule has 1 heterocycles. The van der Waals surface area contributed by atoms with Crippen LogP contribution < -0.4 is 10.8 Å². The summed E-state index contributed by atoms with van der Waals surface area (Å²) in [6.45, 7) is 12.5. The molecule has 0 saturated carbocycles. The Hall–Kier alpha value is -0.995.